The minimum absolute atomic E-state index is 0.00908. The first-order valence-corrected chi connectivity index (χ1v) is 7.62. The first-order chi connectivity index (χ1) is 9.45. The zero-order valence-electron chi connectivity index (χ0n) is 13.5. The van der Waals surface area contributed by atoms with Gasteiger partial charge in [-0.1, -0.05) is 26.8 Å². The lowest BCUT2D eigenvalue weighted by molar-refractivity contribution is 0.0902. The first-order valence-electron chi connectivity index (χ1n) is 7.62. The minimum Gasteiger partial charge on any atom is -0.384 e. The number of aryl methyl sites for hydroxylation is 1. The Morgan fingerprint density at radius 3 is 2.40 bits per heavy atom. The molecular formula is C17H28N2O. The quantitative estimate of drug-likeness (QED) is 0.786. The van der Waals surface area contributed by atoms with Crippen molar-refractivity contribution in [1.29, 1.82) is 0 Å². The van der Waals surface area contributed by atoms with E-state index in [2.05, 4.69) is 38.3 Å². The number of nitrogens with one attached hydrogen (secondary N) is 2. The second-order valence-electron chi connectivity index (χ2n) is 5.70. The Morgan fingerprint density at radius 1 is 1.20 bits per heavy atom. The van der Waals surface area contributed by atoms with Crippen molar-refractivity contribution in [2.75, 3.05) is 11.9 Å². The van der Waals surface area contributed by atoms with Crippen LogP contribution in [0.3, 0.4) is 0 Å². The highest BCUT2D eigenvalue weighted by atomic mass is 16.1. The summed E-state index contributed by atoms with van der Waals surface area (Å²) in [6.45, 7) is 11.3. The SMILES string of the molecule is CCCNc1cc(C)ccc1C(=O)NC(C)(CC)CC. The Hall–Kier alpha value is -1.51. The number of hydrogen-bond donors (Lipinski definition) is 2. The van der Waals surface area contributed by atoms with Gasteiger partial charge >= 0.3 is 0 Å². The van der Waals surface area contributed by atoms with Crippen LogP contribution < -0.4 is 10.6 Å². The molecule has 0 spiro atoms. The van der Waals surface area contributed by atoms with Crippen molar-refractivity contribution in [3.05, 3.63) is 29.3 Å². The maximum absolute atomic E-state index is 12.5. The summed E-state index contributed by atoms with van der Waals surface area (Å²) in [6.07, 6.45) is 2.90. The molecule has 1 amide bonds. The summed E-state index contributed by atoms with van der Waals surface area (Å²) < 4.78 is 0. The Balaban J connectivity index is 2.97. The normalized spacial score (nSPS) is 11.2. The maximum atomic E-state index is 12.5. The number of amides is 1. The fourth-order valence-electron chi connectivity index (χ4n) is 2.03. The van der Waals surface area contributed by atoms with Crippen molar-refractivity contribution in [3.63, 3.8) is 0 Å². The van der Waals surface area contributed by atoms with E-state index in [0.29, 0.717) is 0 Å². The van der Waals surface area contributed by atoms with E-state index in [-0.39, 0.29) is 11.4 Å². The van der Waals surface area contributed by atoms with E-state index < -0.39 is 0 Å². The van der Waals surface area contributed by atoms with Gasteiger partial charge in [0.05, 0.1) is 5.56 Å². The molecule has 0 aliphatic heterocycles. The lowest BCUT2D eigenvalue weighted by Gasteiger charge is -2.28. The van der Waals surface area contributed by atoms with Crippen molar-refractivity contribution in [2.24, 2.45) is 0 Å². The first kappa shape index (κ1) is 16.5. The van der Waals surface area contributed by atoms with Crippen LogP contribution in [0.25, 0.3) is 0 Å². The molecule has 112 valence electrons. The van der Waals surface area contributed by atoms with Crippen molar-refractivity contribution in [3.8, 4) is 0 Å². The second kappa shape index (κ2) is 7.32. The zero-order chi connectivity index (χ0) is 15.2. The molecule has 0 aliphatic rings. The van der Waals surface area contributed by atoms with Gasteiger partial charge < -0.3 is 10.6 Å². The van der Waals surface area contributed by atoms with Crippen LogP contribution in [0.15, 0.2) is 18.2 Å². The molecule has 3 heteroatoms. The fraction of sp³-hybridized carbons (Fsp3) is 0.588. The Morgan fingerprint density at radius 2 is 1.85 bits per heavy atom. The molecule has 1 rings (SSSR count). The Bertz CT molecular complexity index is 450. The molecule has 0 aromatic heterocycles. The molecule has 1 aromatic rings. The van der Waals surface area contributed by atoms with Gasteiger partial charge in [-0.15, -0.1) is 0 Å². The van der Waals surface area contributed by atoms with Crippen LogP contribution in [-0.2, 0) is 0 Å². The lowest BCUT2D eigenvalue weighted by atomic mass is 9.95. The van der Waals surface area contributed by atoms with Crippen molar-refractivity contribution >= 4 is 11.6 Å². The van der Waals surface area contributed by atoms with Crippen LogP contribution in [0.4, 0.5) is 5.69 Å². The number of anilines is 1. The molecule has 0 saturated heterocycles. The number of benzene rings is 1. The molecule has 0 radical (unpaired) electrons. The van der Waals surface area contributed by atoms with Gasteiger partial charge in [0, 0.05) is 17.8 Å². The van der Waals surface area contributed by atoms with Gasteiger partial charge in [0.15, 0.2) is 0 Å². The molecule has 3 nitrogen and oxygen atoms in total. The van der Waals surface area contributed by atoms with Gasteiger partial charge in [-0.05, 0) is 50.8 Å². The minimum atomic E-state index is -0.135. The molecule has 0 bridgehead atoms. The summed E-state index contributed by atoms with van der Waals surface area (Å²) in [5.41, 5.74) is 2.69. The van der Waals surface area contributed by atoms with E-state index in [1.54, 1.807) is 0 Å². The summed E-state index contributed by atoms with van der Waals surface area (Å²) in [4.78, 5) is 12.5. The molecule has 0 aliphatic carbocycles. The number of hydrogen-bond acceptors (Lipinski definition) is 2. The van der Waals surface area contributed by atoms with Gasteiger partial charge in [-0.25, -0.2) is 0 Å². The van der Waals surface area contributed by atoms with Gasteiger partial charge in [0.25, 0.3) is 5.91 Å². The summed E-state index contributed by atoms with van der Waals surface area (Å²) in [6, 6.07) is 5.94. The topological polar surface area (TPSA) is 41.1 Å². The molecule has 0 saturated carbocycles. The fourth-order valence-corrected chi connectivity index (χ4v) is 2.03. The predicted molar refractivity (Wildman–Crippen MR) is 86.4 cm³/mol. The van der Waals surface area contributed by atoms with E-state index in [4.69, 9.17) is 0 Å². The lowest BCUT2D eigenvalue weighted by Crippen LogP contribution is -2.45. The monoisotopic (exact) mass is 276 g/mol. The van der Waals surface area contributed by atoms with Gasteiger partial charge in [0.1, 0.15) is 0 Å². The third-order valence-corrected chi connectivity index (χ3v) is 3.96. The highest BCUT2D eigenvalue weighted by Crippen LogP contribution is 2.20. The summed E-state index contributed by atoms with van der Waals surface area (Å²) >= 11 is 0. The molecule has 20 heavy (non-hydrogen) atoms. The average molecular weight is 276 g/mol. The Labute approximate surface area is 123 Å². The standard InChI is InChI=1S/C17H28N2O/c1-6-11-18-15-12-13(4)9-10-14(15)16(20)19-17(5,7-2)8-3/h9-10,12,18H,6-8,11H2,1-5H3,(H,19,20). The molecule has 0 fully saturated rings. The predicted octanol–water partition coefficient (Wildman–Crippen LogP) is 4.13. The molecule has 0 unspecified atom stereocenters. The third-order valence-electron chi connectivity index (χ3n) is 3.96. The van der Waals surface area contributed by atoms with Crippen molar-refractivity contribution < 1.29 is 4.79 Å². The molecule has 0 atom stereocenters. The van der Waals surface area contributed by atoms with Crippen LogP contribution in [0.1, 0.15) is 62.9 Å². The molecule has 2 N–H and O–H groups in total. The van der Waals surface area contributed by atoms with Gasteiger partial charge in [-0.3, -0.25) is 4.79 Å². The summed E-state index contributed by atoms with van der Waals surface area (Å²) in [5.74, 6) is 0.00908. The van der Waals surface area contributed by atoms with E-state index in [1.807, 2.05) is 25.1 Å². The largest absolute Gasteiger partial charge is 0.384 e. The van der Waals surface area contributed by atoms with Crippen LogP contribution in [0.2, 0.25) is 0 Å². The van der Waals surface area contributed by atoms with Crippen LogP contribution in [0, 0.1) is 6.92 Å². The summed E-state index contributed by atoms with van der Waals surface area (Å²) in [5, 5.41) is 6.51. The summed E-state index contributed by atoms with van der Waals surface area (Å²) in [7, 11) is 0. The number of carbonyl (C=O) groups is 1. The highest BCUT2D eigenvalue weighted by molar-refractivity contribution is 6.00. The third kappa shape index (κ3) is 4.26. The smallest absolute Gasteiger partial charge is 0.253 e. The average Bonchev–Trinajstić information content (AvgIpc) is 2.44. The van der Waals surface area contributed by atoms with E-state index in [1.165, 1.54) is 0 Å². The highest BCUT2D eigenvalue weighted by Gasteiger charge is 2.23. The van der Waals surface area contributed by atoms with E-state index in [0.717, 1.165) is 42.6 Å². The van der Waals surface area contributed by atoms with Gasteiger partial charge in [0.2, 0.25) is 0 Å². The Kier molecular flexibility index (Phi) is 6.05. The zero-order valence-corrected chi connectivity index (χ0v) is 13.5. The van der Waals surface area contributed by atoms with Crippen LogP contribution in [-0.4, -0.2) is 18.0 Å². The second-order valence-corrected chi connectivity index (χ2v) is 5.70. The van der Waals surface area contributed by atoms with Crippen LogP contribution >= 0.6 is 0 Å². The van der Waals surface area contributed by atoms with E-state index >= 15 is 0 Å². The molecule has 1 aromatic carbocycles. The van der Waals surface area contributed by atoms with Gasteiger partial charge in [-0.2, -0.15) is 0 Å². The maximum Gasteiger partial charge on any atom is 0.253 e. The molecule has 0 heterocycles. The van der Waals surface area contributed by atoms with Crippen molar-refractivity contribution in [2.45, 2.75) is 59.4 Å². The van der Waals surface area contributed by atoms with E-state index in [9.17, 15) is 4.79 Å². The number of rotatable bonds is 7. The molecular weight excluding hydrogens is 248 g/mol. The van der Waals surface area contributed by atoms with Crippen LogP contribution in [0.5, 0.6) is 0 Å². The number of carbonyl (C=O) groups excluding carboxylic acids is 1. The van der Waals surface area contributed by atoms with Crippen molar-refractivity contribution in [1.82, 2.24) is 5.32 Å².